The molecule has 1 aliphatic carbocycles. The zero-order valence-electron chi connectivity index (χ0n) is 7.86. The summed E-state index contributed by atoms with van der Waals surface area (Å²) in [4.78, 5) is 11.9. The molecule has 0 radical (unpaired) electrons. The van der Waals surface area contributed by atoms with Crippen LogP contribution in [0.1, 0.15) is 27.2 Å². The topological polar surface area (TPSA) is 50.4 Å². The van der Waals surface area contributed by atoms with E-state index in [0.29, 0.717) is 17.7 Å². The normalized spacial score (nSPS) is 13.5. The van der Waals surface area contributed by atoms with Gasteiger partial charge in [-0.3, -0.25) is 4.79 Å². The molecule has 0 unspecified atom stereocenters. The van der Waals surface area contributed by atoms with Crippen molar-refractivity contribution in [1.82, 2.24) is 0 Å². The Morgan fingerprint density at radius 2 is 2.07 bits per heavy atom. The van der Waals surface area contributed by atoms with Crippen molar-refractivity contribution in [3.8, 4) is 5.75 Å². The third-order valence-corrected chi connectivity index (χ3v) is 2.69. The Morgan fingerprint density at radius 3 is 2.93 bits per heavy atom. The molecular formula is C12H8O3. The van der Waals surface area contributed by atoms with Crippen molar-refractivity contribution < 1.29 is 14.3 Å². The van der Waals surface area contributed by atoms with E-state index >= 15 is 0 Å². The summed E-state index contributed by atoms with van der Waals surface area (Å²) in [6.07, 6.45) is 2.15. The number of furan rings is 1. The standard InChI is InChI=1S/C12H8O3/c13-9-3-1-2-7-6-8-4-5-15-12(8)11(14)10(7)9/h1-5,13H,6H2. The van der Waals surface area contributed by atoms with E-state index in [1.54, 1.807) is 12.1 Å². The highest BCUT2D eigenvalue weighted by Crippen LogP contribution is 2.32. The van der Waals surface area contributed by atoms with Gasteiger partial charge in [-0.15, -0.1) is 0 Å². The number of carbonyl (C=O) groups excluding carboxylic acids is 1. The van der Waals surface area contributed by atoms with Crippen molar-refractivity contribution >= 4 is 5.78 Å². The van der Waals surface area contributed by atoms with Crippen LogP contribution in [-0.2, 0) is 6.42 Å². The van der Waals surface area contributed by atoms with Crippen LogP contribution in [0, 0.1) is 0 Å². The smallest absolute Gasteiger partial charge is 0.232 e. The molecule has 0 fully saturated rings. The molecule has 0 saturated carbocycles. The molecule has 1 heterocycles. The van der Waals surface area contributed by atoms with Crippen molar-refractivity contribution in [2.24, 2.45) is 0 Å². The van der Waals surface area contributed by atoms with Crippen LogP contribution in [-0.4, -0.2) is 10.9 Å². The maximum Gasteiger partial charge on any atom is 0.232 e. The molecule has 74 valence electrons. The van der Waals surface area contributed by atoms with E-state index in [1.165, 1.54) is 12.3 Å². The lowest BCUT2D eigenvalue weighted by atomic mass is 9.89. The van der Waals surface area contributed by atoms with Crippen LogP contribution in [0.2, 0.25) is 0 Å². The molecule has 1 aromatic carbocycles. The second-order valence-corrected chi connectivity index (χ2v) is 3.59. The Morgan fingerprint density at radius 1 is 1.20 bits per heavy atom. The molecule has 0 saturated heterocycles. The zero-order valence-corrected chi connectivity index (χ0v) is 7.86. The third kappa shape index (κ3) is 1.03. The van der Waals surface area contributed by atoms with Crippen molar-refractivity contribution in [2.45, 2.75) is 6.42 Å². The summed E-state index contributed by atoms with van der Waals surface area (Å²) >= 11 is 0. The number of hydrogen-bond acceptors (Lipinski definition) is 3. The number of aromatic hydroxyl groups is 1. The number of phenolic OH excluding ortho intramolecular Hbond substituents is 1. The highest BCUT2D eigenvalue weighted by molar-refractivity contribution is 6.12. The zero-order chi connectivity index (χ0) is 10.4. The van der Waals surface area contributed by atoms with Gasteiger partial charge in [0.15, 0.2) is 5.76 Å². The van der Waals surface area contributed by atoms with Crippen LogP contribution in [0.5, 0.6) is 5.75 Å². The van der Waals surface area contributed by atoms with Crippen LogP contribution >= 0.6 is 0 Å². The lowest BCUT2D eigenvalue weighted by Crippen LogP contribution is -2.13. The number of rotatable bonds is 0. The minimum Gasteiger partial charge on any atom is -0.507 e. The van der Waals surface area contributed by atoms with Crippen molar-refractivity contribution in [2.75, 3.05) is 0 Å². The predicted octanol–water partition coefficient (Wildman–Crippen LogP) is 2.12. The number of phenols is 1. The van der Waals surface area contributed by atoms with Gasteiger partial charge >= 0.3 is 0 Å². The van der Waals surface area contributed by atoms with E-state index in [-0.39, 0.29) is 11.5 Å². The number of ketones is 1. The van der Waals surface area contributed by atoms with E-state index in [9.17, 15) is 9.90 Å². The number of fused-ring (bicyclic) bond motifs is 2. The third-order valence-electron chi connectivity index (χ3n) is 2.69. The van der Waals surface area contributed by atoms with E-state index in [0.717, 1.165) is 11.1 Å². The van der Waals surface area contributed by atoms with E-state index in [4.69, 9.17) is 4.42 Å². The SMILES string of the molecule is O=C1c2occc2Cc2cccc(O)c21. The van der Waals surface area contributed by atoms with Crippen LogP contribution < -0.4 is 0 Å². The van der Waals surface area contributed by atoms with Gasteiger partial charge < -0.3 is 9.52 Å². The van der Waals surface area contributed by atoms with E-state index in [1.807, 2.05) is 6.07 Å². The Labute approximate surface area is 86.0 Å². The van der Waals surface area contributed by atoms with Crippen LogP contribution in [0.25, 0.3) is 0 Å². The van der Waals surface area contributed by atoms with Gasteiger partial charge in [-0.25, -0.2) is 0 Å². The first-order valence-corrected chi connectivity index (χ1v) is 4.69. The number of hydrogen-bond donors (Lipinski definition) is 1. The summed E-state index contributed by atoms with van der Waals surface area (Å²) in [5.41, 5.74) is 2.12. The molecule has 3 nitrogen and oxygen atoms in total. The Hall–Kier alpha value is -2.03. The molecule has 0 aliphatic heterocycles. The summed E-state index contributed by atoms with van der Waals surface area (Å²) in [5.74, 6) is 0.151. The molecule has 0 amide bonds. The fourth-order valence-electron chi connectivity index (χ4n) is 1.99. The molecule has 2 aromatic rings. The van der Waals surface area contributed by atoms with E-state index < -0.39 is 0 Å². The van der Waals surface area contributed by atoms with Crippen molar-refractivity contribution in [1.29, 1.82) is 0 Å². The first-order valence-electron chi connectivity index (χ1n) is 4.69. The van der Waals surface area contributed by atoms with Gasteiger partial charge in [0.05, 0.1) is 11.8 Å². The quantitative estimate of drug-likeness (QED) is 0.604. The molecular weight excluding hydrogens is 192 g/mol. The van der Waals surface area contributed by atoms with Crippen LogP contribution in [0.15, 0.2) is 34.9 Å². The minimum atomic E-state index is -0.227. The van der Waals surface area contributed by atoms with Gasteiger partial charge in [0, 0.05) is 12.0 Å². The fourth-order valence-corrected chi connectivity index (χ4v) is 1.99. The predicted molar refractivity (Wildman–Crippen MR) is 53.1 cm³/mol. The monoisotopic (exact) mass is 200 g/mol. The first-order chi connectivity index (χ1) is 7.27. The molecule has 0 spiro atoms. The van der Waals surface area contributed by atoms with Gasteiger partial charge in [0.25, 0.3) is 0 Å². The highest BCUT2D eigenvalue weighted by atomic mass is 16.3. The average molecular weight is 200 g/mol. The maximum absolute atomic E-state index is 11.9. The van der Waals surface area contributed by atoms with Gasteiger partial charge in [-0.05, 0) is 17.7 Å². The number of benzene rings is 1. The molecule has 0 atom stereocenters. The molecule has 1 aromatic heterocycles. The average Bonchev–Trinajstić information content (AvgIpc) is 2.66. The van der Waals surface area contributed by atoms with Crippen molar-refractivity contribution in [3.05, 3.63) is 53.0 Å². The summed E-state index contributed by atoms with van der Waals surface area (Å²) < 4.78 is 5.12. The Kier molecular flexibility index (Phi) is 1.51. The molecule has 1 N–H and O–H groups in total. The van der Waals surface area contributed by atoms with Crippen LogP contribution in [0.4, 0.5) is 0 Å². The summed E-state index contributed by atoms with van der Waals surface area (Å²) in [6.45, 7) is 0. The maximum atomic E-state index is 11.9. The molecule has 3 rings (SSSR count). The Balaban J connectivity index is 2.28. The summed E-state index contributed by atoms with van der Waals surface area (Å²) in [7, 11) is 0. The van der Waals surface area contributed by atoms with Gasteiger partial charge in [0.1, 0.15) is 5.75 Å². The highest BCUT2D eigenvalue weighted by Gasteiger charge is 2.28. The van der Waals surface area contributed by atoms with Gasteiger partial charge in [0.2, 0.25) is 5.78 Å². The van der Waals surface area contributed by atoms with Crippen LogP contribution in [0.3, 0.4) is 0 Å². The molecule has 1 aliphatic rings. The summed E-state index contributed by atoms with van der Waals surface area (Å²) in [5, 5.41) is 9.63. The second-order valence-electron chi connectivity index (χ2n) is 3.59. The largest absolute Gasteiger partial charge is 0.507 e. The van der Waals surface area contributed by atoms with Crippen molar-refractivity contribution in [3.63, 3.8) is 0 Å². The van der Waals surface area contributed by atoms with E-state index in [2.05, 4.69) is 0 Å². The Bertz CT molecular complexity index is 552. The van der Waals surface area contributed by atoms with Gasteiger partial charge in [-0.2, -0.15) is 0 Å². The first kappa shape index (κ1) is 8.29. The van der Waals surface area contributed by atoms with Gasteiger partial charge in [-0.1, -0.05) is 12.1 Å². The lowest BCUT2D eigenvalue weighted by Gasteiger charge is -2.14. The molecule has 0 bridgehead atoms. The molecule has 3 heteroatoms. The second kappa shape index (κ2) is 2.73. The fraction of sp³-hybridized carbons (Fsp3) is 0.0833. The number of carbonyl (C=O) groups is 1. The minimum absolute atomic E-state index is 0.0274. The summed E-state index contributed by atoms with van der Waals surface area (Å²) in [6, 6.07) is 6.90. The lowest BCUT2D eigenvalue weighted by molar-refractivity contribution is 0.100. The molecule has 15 heavy (non-hydrogen) atoms.